The van der Waals surface area contributed by atoms with Gasteiger partial charge in [-0.05, 0) is 30.3 Å². The van der Waals surface area contributed by atoms with E-state index in [1.165, 1.54) is 0 Å². The minimum atomic E-state index is -0.996. The number of aromatic carboxylic acids is 1. The molecule has 2 aromatic heterocycles. The zero-order valence-electron chi connectivity index (χ0n) is 10.2. The van der Waals surface area contributed by atoms with Gasteiger partial charge >= 0.3 is 5.97 Å². The van der Waals surface area contributed by atoms with E-state index >= 15 is 0 Å². The Balaban J connectivity index is 2.38. The van der Waals surface area contributed by atoms with Gasteiger partial charge in [-0.1, -0.05) is 29.3 Å². The van der Waals surface area contributed by atoms with Gasteiger partial charge in [-0.2, -0.15) is 0 Å². The molecule has 0 aliphatic heterocycles. The Kier molecular flexibility index (Phi) is 3.16. The zero-order valence-corrected chi connectivity index (χ0v) is 11.7. The van der Waals surface area contributed by atoms with E-state index in [1.807, 2.05) is 6.07 Å². The fourth-order valence-corrected chi connectivity index (χ4v) is 2.65. The van der Waals surface area contributed by atoms with Crippen molar-refractivity contribution in [3.63, 3.8) is 0 Å². The van der Waals surface area contributed by atoms with Gasteiger partial charge in [0, 0.05) is 33.6 Å². The number of benzene rings is 1. The molecule has 0 spiro atoms. The van der Waals surface area contributed by atoms with Crippen molar-refractivity contribution in [2.75, 3.05) is 0 Å². The van der Waals surface area contributed by atoms with Crippen LogP contribution in [0.4, 0.5) is 0 Å². The van der Waals surface area contributed by atoms with E-state index in [9.17, 15) is 9.90 Å². The number of aromatic nitrogens is 1. The molecule has 0 unspecified atom stereocenters. The van der Waals surface area contributed by atoms with E-state index in [1.54, 1.807) is 47.1 Å². The fraction of sp³-hybridized carbons (Fsp3) is 0. The predicted octanol–water partition coefficient (Wildman–Crippen LogP) is 4.61. The van der Waals surface area contributed by atoms with Crippen LogP contribution in [-0.2, 0) is 0 Å². The normalized spacial score (nSPS) is 10.9. The first-order valence-electron chi connectivity index (χ1n) is 5.86. The van der Waals surface area contributed by atoms with E-state index in [2.05, 4.69) is 0 Å². The summed E-state index contributed by atoms with van der Waals surface area (Å²) in [5.41, 5.74) is 2.00. The topological polar surface area (TPSA) is 41.7 Å². The molecule has 1 aromatic carbocycles. The quantitative estimate of drug-likeness (QED) is 0.751. The summed E-state index contributed by atoms with van der Waals surface area (Å²) in [6.07, 6.45) is 3.54. The molecule has 0 atom stereocenters. The number of hydrogen-bond acceptors (Lipinski definition) is 1. The highest BCUT2D eigenvalue weighted by Crippen LogP contribution is 2.35. The van der Waals surface area contributed by atoms with Crippen molar-refractivity contribution < 1.29 is 9.90 Å². The van der Waals surface area contributed by atoms with Gasteiger partial charge in [0.1, 0.15) is 0 Å². The molecule has 20 heavy (non-hydrogen) atoms. The standard InChI is InChI=1S/C15H9Cl2NO2/c16-9-4-5-12(17)10(7-9)11-8-18-6-2-1-3-13(18)14(11)15(19)20/h1-8H,(H,19,20). The van der Waals surface area contributed by atoms with Gasteiger partial charge < -0.3 is 9.51 Å². The lowest BCUT2D eigenvalue weighted by atomic mass is 10.0. The number of carboxylic acids is 1. The Hall–Kier alpha value is -1.97. The molecule has 0 saturated carbocycles. The summed E-state index contributed by atoms with van der Waals surface area (Å²) in [6, 6.07) is 10.4. The van der Waals surface area contributed by atoms with E-state index < -0.39 is 5.97 Å². The minimum Gasteiger partial charge on any atom is -0.478 e. The average Bonchev–Trinajstić information content (AvgIpc) is 2.80. The van der Waals surface area contributed by atoms with Crippen LogP contribution in [0, 0.1) is 0 Å². The molecular formula is C15H9Cl2NO2. The molecular weight excluding hydrogens is 297 g/mol. The van der Waals surface area contributed by atoms with Gasteiger partial charge in [0.05, 0.1) is 11.1 Å². The Bertz CT molecular complexity index is 824. The highest BCUT2D eigenvalue weighted by Gasteiger charge is 2.19. The molecule has 3 nitrogen and oxygen atoms in total. The first kappa shape index (κ1) is 13.0. The smallest absolute Gasteiger partial charge is 0.338 e. The van der Waals surface area contributed by atoms with Crippen molar-refractivity contribution in [1.29, 1.82) is 0 Å². The maximum Gasteiger partial charge on any atom is 0.338 e. The first-order valence-corrected chi connectivity index (χ1v) is 6.62. The number of hydrogen-bond donors (Lipinski definition) is 1. The van der Waals surface area contributed by atoms with Crippen LogP contribution in [0.5, 0.6) is 0 Å². The third-order valence-electron chi connectivity index (χ3n) is 3.12. The summed E-state index contributed by atoms with van der Waals surface area (Å²) in [5, 5.41) is 10.5. The Labute approximate surface area is 125 Å². The first-order chi connectivity index (χ1) is 9.58. The predicted molar refractivity (Wildman–Crippen MR) is 79.8 cm³/mol. The van der Waals surface area contributed by atoms with E-state index in [4.69, 9.17) is 23.2 Å². The van der Waals surface area contributed by atoms with Gasteiger partial charge in [0.2, 0.25) is 0 Å². The SMILES string of the molecule is O=C(O)c1c(-c2cc(Cl)ccc2Cl)cn2ccccc12. The summed E-state index contributed by atoms with van der Waals surface area (Å²) in [4.78, 5) is 11.6. The number of fused-ring (bicyclic) bond motifs is 1. The number of carbonyl (C=O) groups is 1. The average molecular weight is 306 g/mol. The van der Waals surface area contributed by atoms with Crippen LogP contribution in [0.2, 0.25) is 10.0 Å². The third kappa shape index (κ3) is 2.05. The summed E-state index contributed by atoms with van der Waals surface area (Å²) < 4.78 is 1.76. The van der Waals surface area contributed by atoms with Crippen LogP contribution in [0.1, 0.15) is 10.4 Å². The molecule has 0 bridgehead atoms. The number of halogens is 2. The highest BCUT2D eigenvalue weighted by atomic mass is 35.5. The molecule has 3 aromatic rings. The van der Waals surface area contributed by atoms with Gasteiger partial charge in [0.15, 0.2) is 0 Å². The minimum absolute atomic E-state index is 0.217. The second kappa shape index (κ2) is 4.85. The molecule has 0 saturated heterocycles. The summed E-state index contributed by atoms with van der Waals surface area (Å²) in [5.74, 6) is -0.996. The van der Waals surface area contributed by atoms with E-state index in [-0.39, 0.29) is 5.56 Å². The van der Waals surface area contributed by atoms with Gasteiger partial charge in [-0.15, -0.1) is 0 Å². The third-order valence-corrected chi connectivity index (χ3v) is 3.68. The molecule has 0 radical (unpaired) electrons. The largest absolute Gasteiger partial charge is 0.478 e. The van der Waals surface area contributed by atoms with Crippen LogP contribution < -0.4 is 0 Å². The van der Waals surface area contributed by atoms with Crippen molar-refractivity contribution >= 4 is 34.7 Å². The van der Waals surface area contributed by atoms with Crippen LogP contribution in [0.15, 0.2) is 48.8 Å². The van der Waals surface area contributed by atoms with Gasteiger partial charge in [0.25, 0.3) is 0 Å². The fourth-order valence-electron chi connectivity index (χ4n) is 2.25. The number of pyridine rings is 1. The molecule has 3 rings (SSSR count). The second-order valence-electron chi connectivity index (χ2n) is 4.34. The van der Waals surface area contributed by atoms with Crippen LogP contribution >= 0.6 is 23.2 Å². The molecule has 2 heterocycles. The number of carboxylic acid groups (broad SMARTS) is 1. The van der Waals surface area contributed by atoms with Crippen molar-refractivity contribution in [2.24, 2.45) is 0 Å². The van der Waals surface area contributed by atoms with Crippen LogP contribution in [0.3, 0.4) is 0 Å². The van der Waals surface area contributed by atoms with Crippen molar-refractivity contribution in [3.05, 3.63) is 64.4 Å². The molecule has 0 aliphatic carbocycles. The van der Waals surface area contributed by atoms with Gasteiger partial charge in [-0.25, -0.2) is 4.79 Å². The molecule has 0 amide bonds. The molecule has 5 heteroatoms. The maximum absolute atomic E-state index is 11.6. The molecule has 0 fully saturated rings. The van der Waals surface area contributed by atoms with Gasteiger partial charge in [-0.3, -0.25) is 0 Å². The molecule has 1 N–H and O–H groups in total. The van der Waals surface area contributed by atoms with Crippen molar-refractivity contribution in [2.45, 2.75) is 0 Å². The Morgan fingerprint density at radius 3 is 2.65 bits per heavy atom. The summed E-state index contributed by atoms with van der Waals surface area (Å²) in [6.45, 7) is 0. The lowest BCUT2D eigenvalue weighted by Gasteiger charge is -2.04. The van der Waals surface area contributed by atoms with Crippen LogP contribution in [-0.4, -0.2) is 15.5 Å². The summed E-state index contributed by atoms with van der Waals surface area (Å²) in [7, 11) is 0. The van der Waals surface area contributed by atoms with E-state index in [0.717, 1.165) is 0 Å². The van der Waals surface area contributed by atoms with Crippen LogP contribution in [0.25, 0.3) is 16.6 Å². The monoisotopic (exact) mass is 305 g/mol. The maximum atomic E-state index is 11.6. The highest BCUT2D eigenvalue weighted by molar-refractivity contribution is 6.35. The lowest BCUT2D eigenvalue weighted by Crippen LogP contribution is -1.97. The lowest BCUT2D eigenvalue weighted by molar-refractivity contribution is 0.0700. The number of nitrogens with zero attached hydrogens (tertiary/aromatic N) is 1. The second-order valence-corrected chi connectivity index (χ2v) is 5.18. The van der Waals surface area contributed by atoms with Crippen molar-refractivity contribution in [3.8, 4) is 11.1 Å². The zero-order chi connectivity index (χ0) is 14.3. The molecule has 0 aliphatic rings. The van der Waals surface area contributed by atoms with E-state index in [0.29, 0.717) is 26.7 Å². The number of rotatable bonds is 2. The molecule has 100 valence electrons. The van der Waals surface area contributed by atoms with Crippen molar-refractivity contribution in [1.82, 2.24) is 4.40 Å². The Morgan fingerprint density at radius 2 is 1.90 bits per heavy atom. The Morgan fingerprint density at radius 1 is 1.10 bits per heavy atom. The summed E-state index contributed by atoms with van der Waals surface area (Å²) >= 11 is 12.2.